The van der Waals surface area contributed by atoms with E-state index in [1.54, 1.807) is 0 Å². The Labute approximate surface area is 107 Å². The van der Waals surface area contributed by atoms with E-state index in [1.165, 1.54) is 18.5 Å². The molecule has 0 aliphatic carbocycles. The normalized spacial score (nSPS) is 11.0. The lowest BCUT2D eigenvalue weighted by Crippen LogP contribution is -2.24. The third-order valence-electron chi connectivity index (χ3n) is 2.64. The van der Waals surface area contributed by atoms with Gasteiger partial charge in [-0.05, 0) is 45.0 Å². The summed E-state index contributed by atoms with van der Waals surface area (Å²) in [5.74, 6) is 0. The Morgan fingerprint density at radius 3 is 2.75 bits per heavy atom. The largest absolute Gasteiger partial charge is 0.298 e. The van der Waals surface area contributed by atoms with Crippen LogP contribution in [0.2, 0.25) is 0 Å². The Morgan fingerprint density at radius 2 is 2.12 bits per heavy atom. The molecule has 0 atom stereocenters. The van der Waals surface area contributed by atoms with Crippen molar-refractivity contribution in [1.29, 1.82) is 0 Å². The molecular weight excluding hydrogens is 264 g/mol. The van der Waals surface area contributed by atoms with E-state index in [2.05, 4.69) is 44.9 Å². The second kappa shape index (κ2) is 7.80. The van der Waals surface area contributed by atoms with Crippen LogP contribution in [0.4, 0.5) is 0 Å². The molecule has 1 aromatic heterocycles. The van der Waals surface area contributed by atoms with E-state index in [0.29, 0.717) is 0 Å². The summed E-state index contributed by atoms with van der Waals surface area (Å²) < 4.78 is 0. The summed E-state index contributed by atoms with van der Waals surface area (Å²) in [5.41, 5.74) is 2.29. The average molecular weight is 285 g/mol. The number of aryl methyl sites for hydroxylation is 1. The van der Waals surface area contributed by atoms with Gasteiger partial charge in [-0.1, -0.05) is 28.9 Å². The molecule has 0 aromatic carbocycles. The minimum atomic E-state index is 0.973. The molecule has 0 fully saturated rings. The van der Waals surface area contributed by atoms with E-state index in [9.17, 15) is 0 Å². The summed E-state index contributed by atoms with van der Waals surface area (Å²) >= 11 is 3.47. The number of hydrogen-bond donors (Lipinski definition) is 0. The van der Waals surface area contributed by atoms with Crippen molar-refractivity contribution in [2.75, 3.05) is 18.4 Å². The van der Waals surface area contributed by atoms with Crippen molar-refractivity contribution in [3.8, 4) is 0 Å². The number of alkyl halides is 1. The van der Waals surface area contributed by atoms with Gasteiger partial charge in [-0.15, -0.1) is 0 Å². The highest BCUT2D eigenvalue weighted by atomic mass is 79.9. The molecule has 2 nitrogen and oxygen atoms in total. The smallest absolute Gasteiger partial charge is 0.0547 e. The van der Waals surface area contributed by atoms with E-state index in [-0.39, 0.29) is 0 Å². The Hall–Kier alpha value is -0.410. The first-order chi connectivity index (χ1) is 7.76. The van der Waals surface area contributed by atoms with Gasteiger partial charge in [0.1, 0.15) is 0 Å². The maximum atomic E-state index is 4.54. The lowest BCUT2D eigenvalue weighted by atomic mass is 10.2. The first-order valence-electron chi connectivity index (χ1n) is 5.97. The SMILES string of the molecule is CCN(CCCCBr)Cc1cccc(C)n1. The highest BCUT2D eigenvalue weighted by molar-refractivity contribution is 9.09. The molecule has 0 unspecified atom stereocenters. The van der Waals surface area contributed by atoms with Gasteiger partial charge in [-0.25, -0.2) is 0 Å². The Kier molecular flexibility index (Phi) is 6.65. The third-order valence-corrected chi connectivity index (χ3v) is 3.20. The molecule has 0 spiro atoms. The highest BCUT2D eigenvalue weighted by Crippen LogP contribution is 2.05. The van der Waals surface area contributed by atoms with Crippen LogP contribution in [-0.4, -0.2) is 28.3 Å². The van der Waals surface area contributed by atoms with Gasteiger partial charge in [0.05, 0.1) is 5.69 Å². The fourth-order valence-corrected chi connectivity index (χ4v) is 2.09. The zero-order valence-electron chi connectivity index (χ0n) is 10.2. The maximum absolute atomic E-state index is 4.54. The van der Waals surface area contributed by atoms with Crippen LogP contribution in [0.1, 0.15) is 31.2 Å². The van der Waals surface area contributed by atoms with Crippen LogP contribution in [0.25, 0.3) is 0 Å². The summed E-state index contributed by atoms with van der Waals surface area (Å²) in [6.45, 7) is 7.49. The molecule has 1 heterocycles. The monoisotopic (exact) mass is 284 g/mol. The highest BCUT2D eigenvalue weighted by Gasteiger charge is 2.04. The second-order valence-corrected chi connectivity index (χ2v) is 4.83. The summed E-state index contributed by atoms with van der Waals surface area (Å²) in [6, 6.07) is 6.24. The van der Waals surface area contributed by atoms with Crippen molar-refractivity contribution in [2.24, 2.45) is 0 Å². The summed E-state index contributed by atoms with van der Waals surface area (Å²) in [7, 11) is 0. The quantitative estimate of drug-likeness (QED) is 0.564. The van der Waals surface area contributed by atoms with Crippen LogP contribution in [0.3, 0.4) is 0 Å². The second-order valence-electron chi connectivity index (χ2n) is 4.04. The van der Waals surface area contributed by atoms with Crippen molar-refractivity contribution < 1.29 is 0 Å². The summed E-state index contributed by atoms with van der Waals surface area (Å²) in [6.07, 6.45) is 2.50. The van der Waals surface area contributed by atoms with Crippen molar-refractivity contribution in [3.63, 3.8) is 0 Å². The van der Waals surface area contributed by atoms with Gasteiger partial charge in [0.15, 0.2) is 0 Å². The summed E-state index contributed by atoms with van der Waals surface area (Å²) in [4.78, 5) is 6.99. The fraction of sp³-hybridized carbons (Fsp3) is 0.615. The fourth-order valence-electron chi connectivity index (χ4n) is 1.70. The van der Waals surface area contributed by atoms with Gasteiger partial charge in [-0.3, -0.25) is 9.88 Å². The van der Waals surface area contributed by atoms with E-state index < -0.39 is 0 Å². The molecule has 0 saturated carbocycles. The molecule has 0 bridgehead atoms. The number of nitrogens with zero attached hydrogens (tertiary/aromatic N) is 2. The van der Waals surface area contributed by atoms with Crippen LogP contribution in [0.5, 0.6) is 0 Å². The molecule has 0 radical (unpaired) electrons. The van der Waals surface area contributed by atoms with Crippen LogP contribution in [0, 0.1) is 6.92 Å². The van der Waals surface area contributed by atoms with Crippen molar-refractivity contribution in [2.45, 2.75) is 33.2 Å². The third kappa shape index (κ3) is 5.08. The van der Waals surface area contributed by atoms with Gasteiger partial charge in [-0.2, -0.15) is 0 Å². The topological polar surface area (TPSA) is 16.1 Å². The predicted molar refractivity (Wildman–Crippen MR) is 73.0 cm³/mol. The molecular formula is C13H21BrN2. The molecule has 0 saturated heterocycles. The van der Waals surface area contributed by atoms with E-state index >= 15 is 0 Å². The number of hydrogen-bond acceptors (Lipinski definition) is 2. The minimum absolute atomic E-state index is 0.973. The molecule has 0 N–H and O–H groups in total. The zero-order chi connectivity index (χ0) is 11.8. The van der Waals surface area contributed by atoms with Gasteiger partial charge in [0.2, 0.25) is 0 Å². The Balaban J connectivity index is 2.43. The first-order valence-corrected chi connectivity index (χ1v) is 7.09. The summed E-state index contributed by atoms with van der Waals surface area (Å²) in [5, 5.41) is 1.10. The molecule has 0 amide bonds. The number of halogens is 1. The van der Waals surface area contributed by atoms with Crippen molar-refractivity contribution >= 4 is 15.9 Å². The van der Waals surface area contributed by atoms with Crippen LogP contribution in [-0.2, 0) is 6.54 Å². The molecule has 90 valence electrons. The lowest BCUT2D eigenvalue weighted by molar-refractivity contribution is 0.272. The first kappa shape index (κ1) is 13.7. The number of rotatable bonds is 7. The Morgan fingerprint density at radius 1 is 1.31 bits per heavy atom. The predicted octanol–water partition coefficient (Wildman–Crippen LogP) is 3.39. The molecule has 0 aliphatic rings. The van der Waals surface area contributed by atoms with E-state index in [4.69, 9.17) is 0 Å². The van der Waals surface area contributed by atoms with Crippen molar-refractivity contribution in [1.82, 2.24) is 9.88 Å². The zero-order valence-corrected chi connectivity index (χ0v) is 11.8. The van der Waals surface area contributed by atoms with Gasteiger partial charge in [0, 0.05) is 17.6 Å². The van der Waals surface area contributed by atoms with Crippen LogP contribution < -0.4 is 0 Å². The van der Waals surface area contributed by atoms with Crippen molar-refractivity contribution in [3.05, 3.63) is 29.6 Å². The molecule has 3 heteroatoms. The molecule has 16 heavy (non-hydrogen) atoms. The Bertz CT molecular complexity index is 302. The van der Waals surface area contributed by atoms with Gasteiger partial charge >= 0.3 is 0 Å². The standard InChI is InChI=1S/C13H21BrN2/c1-3-16(10-5-4-9-14)11-13-8-6-7-12(2)15-13/h6-8H,3-5,9-11H2,1-2H3. The van der Waals surface area contributed by atoms with E-state index in [1.807, 2.05) is 13.0 Å². The maximum Gasteiger partial charge on any atom is 0.0547 e. The minimum Gasteiger partial charge on any atom is -0.298 e. The average Bonchev–Trinajstić information content (AvgIpc) is 2.28. The van der Waals surface area contributed by atoms with Gasteiger partial charge in [0.25, 0.3) is 0 Å². The molecule has 1 rings (SSSR count). The lowest BCUT2D eigenvalue weighted by Gasteiger charge is -2.19. The number of aromatic nitrogens is 1. The van der Waals surface area contributed by atoms with Crippen LogP contribution >= 0.6 is 15.9 Å². The molecule has 1 aromatic rings. The molecule has 0 aliphatic heterocycles. The van der Waals surface area contributed by atoms with Gasteiger partial charge < -0.3 is 0 Å². The van der Waals surface area contributed by atoms with Crippen LogP contribution in [0.15, 0.2) is 18.2 Å². The number of unbranched alkanes of at least 4 members (excludes halogenated alkanes) is 1. The number of pyridine rings is 1. The van der Waals surface area contributed by atoms with E-state index in [0.717, 1.165) is 30.7 Å².